The Hall–Kier alpha value is -2.21. The Balaban J connectivity index is 1.76. The average Bonchev–Trinajstić information content (AvgIpc) is 2.79. The molecule has 1 aliphatic rings. The number of hydrogen-bond acceptors (Lipinski definition) is 4. The van der Waals surface area contributed by atoms with E-state index in [1.165, 1.54) is 0 Å². The standard InChI is InChI=1S/C21H27ClN2O4/c1-13-11-17-15(12-16(13)22)14(2)18(27-17)19(25)23-7-6-8-24(10-9-23)20(26)28-21(3,4)5/h11-12H,6-10H2,1-5H3. The van der Waals surface area contributed by atoms with E-state index in [1.807, 2.05) is 46.8 Å². The van der Waals surface area contributed by atoms with Gasteiger partial charge in [0.2, 0.25) is 0 Å². The van der Waals surface area contributed by atoms with Crippen LogP contribution in [-0.4, -0.2) is 53.6 Å². The summed E-state index contributed by atoms with van der Waals surface area (Å²) < 4.78 is 11.3. The van der Waals surface area contributed by atoms with Crippen LogP contribution in [0.2, 0.25) is 5.02 Å². The maximum atomic E-state index is 13.1. The minimum absolute atomic E-state index is 0.159. The number of ether oxygens (including phenoxy) is 1. The van der Waals surface area contributed by atoms with E-state index in [-0.39, 0.29) is 12.0 Å². The minimum Gasteiger partial charge on any atom is -0.451 e. The van der Waals surface area contributed by atoms with E-state index in [0.29, 0.717) is 49.0 Å². The molecule has 2 aromatic rings. The molecule has 0 spiro atoms. The van der Waals surface area contributed by atoms with E-state index >= 15 is 0 Å². The van der Waals surface area contributed by atoms with Gasteiger partial charge >= 0.3 is 6.09 Å². The lowest BCUT2D eigenvalue weighted by Crippen LogP contribution is -2.40. The smallest absolute Gasteiger partial charge is 0.410 e. The van der Waals surface area contributed by atoms with E-state index in [0.717, 1.165) is 16.5 Å². The number of rotatable bonds is 1. The second-order valence-corrected chi connectivity index (χ2v) is 8.67. The number of furan rings is 1. The Morgan fingerprint density at radius 2 is 1.71 bits per heavy atom. The molecule has 0 unspecified atom stereocenters. The fourth-order valence-electron chi connectivity index (χ4n) is 3.32. The monoisotopic (exact) mass is 406 g/mol. The van der Waals surface area contributed by atoms with E-state index < -0.39 is 5.60 Å². The molecule has 1 aromatic carbocycles. The number of aryl methyl sites for hydroxylation is 2. The summed E-state index contributed by atoms with van der Waals surface area (Å²) in [6.45, 7) is 11.3. The molecule has 1 aliphatic heterocycles. The Kier molecular flexibility index (Phi) is 5.62. The van der Waals surface area contributed by atoms with Crippen molar-refractivity contribution in [1.29, 1.82) is 0 Å². The van der Waals surface area contributed by atoms with Crippen LogP contribution in [0.4, 0.5) is 4.79 Å². The lowest BCUT2D eigenvalue weighted by Gasteiger charge is -2.26. The zero-order chi connectivity index (χ0) is 20.6. The predicted molar refractivity (Wildman–Crippen MR) is 109 cm³/mol. The highest BCUT2D eigenvalue weighted by molar-refractivity contribution is 6.32. The summed E-state index contributed by atoms with van der Waals surface area (Å²) >= 11 is 6.22. The van der Waals surface area contributed by atoms with Gasteiger partial charge in [-0.1, -0.05) is 11.6 Å². The van der Waals surface area contributed by atoms with Crippen molar-refractivity contribution in [2.75, 3.05) is 26.2 Å². The molecule has 0 atom stereocenters. The highest BCUT2D eigenvalue weighted by atomic mass is 35.5. The van der Waals surface area contributed by atoms with Gasteiger partial charge in [-0.2, -0.15) is 0 Å². The molecule has 1 aromatic heterocycles. The third-order valence-corrected chi connectivity index (χ3v) is 5.25. The van der Waals surface area contributed by atoms with Crippen LogP contribution in [-0.2, 0) is 4.74 Å². The minimum atomic E-state index is -0.538. The summed E-state index contributed by atoms with van der Waals surface area (Å²) in [5, 5.41) is 1.50. The molecule has 0 radical (unpaired) electrons. The summed E-state index contributed by atoms with van der Waals surface area (Å²) in [5.41, 5.74) is 1.82. The zero-order valence-electron chi connectivity index (χ0n) is 17.1. The first-order valence-electron chi connectivity index (χ1n) is 9.53. The molecule has 2 amide bonds. The van der Waals surface area contributed by atoms with Crippen molar-refractivity contribution in [3.8, 4) is 0 Å². The molecule has 1 saturated heterocycles. The Morgan fingerprint density at radius 3 is 2.39 bits per heavy atom. The van der Waals surface area contributed by atoms with Crippen LogP contribution in [0.5, 0.6) is 0 Å². The fraction of sp³-hybridized carbons (Fsp3) is 0.524. The van der Waals surface area contributed by atoms with Gasteiger partial charge in [-0.15, -0.1) is 0 Å². The number of amides is 2. The molecule has 6 nitrogen and oxygen atoms in total. The molecule has 0 aliphatic carbocycles. The van der Waals surface area contributed by atoms with E-state index in [4.69, 9.17) is 20.8 Å². The van der Waals surface area contributed by atoms with Crippen molar-refractivity contribution in [3.63, 3.8) is 0 Å². The first-order chi connectivity index (χ1) is 13.1. The van der Waals surface area contributed by atoms with Gasteiger partial charge in [0.05, 0.1) is 0 Å². The summed E-state index contributed by atoms with van der Waals surface area (Å²) in [4.78, 5) is 28.8. The number of carbonyl (C=O) groups is 2. The number of carbonyl (C=O) groups excluding carboxylic acids is 2. The van der Waals surface area contributed by atoms with Crippen LogP contribution in [0.25, 0.3) is 11.0 Å². The summed E-state index contributed by atoms with van der Waals surface area (Å²) in [6, 6.07) is 3.70. The molecule has 7 heteroatoms. The second-order valence-electron chi connectivity index (χ2n) is 8.27. The molecule has 0 N–H and O–H groups in total. The van der Waals surface area contributed by atoms with Gasteiger partial charge in [0.25, 0.3) is 5.91 Å². The quantitative estimate of drug-likeness (QED) is 0.683. The largest absolute Gasteiger partial charge is 0.451 e. The topological polar surface area (TPSA) is 63.0 Å². The lowest BCUT2D eigenvalue weighted by molar-refractivity contribution is 0.0255. The van der Waals surface area contributed by atoms with Gasteiger partial charge in [-0.05, 0) is 58.7 Å². The number of nitrogens with zero attached hydrogens (tertiary/aromatic N) is 2. The molecule has 152 valence electrons. The molecule has 1 fully saturated rings. The molecular weight excluding hydrogens is 380 g/mol. The Morgan fingerprint density at radius 1 is 1.07 bits per heavy atom. The van der Waals surface area contributed by atoms with Crippen molar-refractivity contribution in [3.05, 3.63) is 34.0 Å². The SMILES string of the molecule is Cc1cc2oc(C(=O)N3CCCN(C(=O)OC(C)(C)C)CC3)c(C)c2cc1Cl. The second kappa shape index (κ2) is 7.66. The van der Waals surface area contributed by atoms with Gasteiger partial charge < -0.3 is 19.0 Å². The van der Waals surface area contributed by atoms with Gasteiger partial charge in [0.1, 0.15) is 11.2 Å². The number of hydrogen-bond donors (Lipinski definition) is 0. The fourth-order valence-corrected chi connectivity index (χ4v) is 3.48. The van der Waals surface area contributed by atoms with Gasteiger partial charge in [-0.25, -0.2) is 4.79 Å². The van der Waals surface area contributed by atoms with Crippen LogP contribution < -0.4 is 0 Å². The average molecular weight is 407 g/mol. The molecule has 2 heterocycles. The normalized spacial score (nSPS) is 15.6. The summed E-state index contributed by atoms with van der Waals surface area (Å²) in [6.07, 6.45) is 0.349. The highest BCUT2D eigenvalue weighted by Gasteiger charge is 2.28. The van der Waals surface area contributed by atoms with Crippen molar-refractivity contribution in [2.45, 2.75) is 46.6 Å². The zero-order valence-corrected chi connectivity index (χ0v) is 17.9. The molecule has 3 rings (SSSR count). The van der Waals surface area contributed by atoms with Crippen LogP contribution in [0.15, 0.2) is 16.5 Å². The maximum Gasteiger partial charge on any atom is 0.410 e. The van der Waals surface area contributed by atoms with Crippen LogP contribution in [0, 0.1) is 13.8 Å². The van der Waals surface area contributed by atoms with Gasteiger partial charge in [0.15, 0.2) is 5.76 Å². The van der Waals surface area contributed by atoms with Crippen molar-refractivity contribution >= 4 is 34.6 Å². The molecule has 0 saturated carbocycles. The third-order valence-electron chi connectivity index (χ3n) is 4.85. The molecular formula is C21H27ClN2O4. The first kappa shape index (κ1) is 20.5. The first-order valence-corrected chi connectivity index (χ1v) is 9.91. The number of fused-ring (bicyclic) bond motifs is 1. The van der Waals surface area contributed by atoms with Gasteiger partial charge in [-0.3, -0.25) is 4.79 Å². The number of halogens is 1. The van der Waals surface area contributed by atoms with Gasteiger partial charge in [0, 0.05) is 42.2 Å². The van der Waals surface area contributed by atoms with E-state index in [1.54, 1.807) is 9.80 Å². The Labute approximate surface area is 170 Å². The molecule has 28 heavy (non-hydrogen) atoms. The van der Waals surface area contributed by atoms with Crippen LogP contribution >= 0.6 is 11.6 Å². The summed E-state index contributed by atoms with van der Waals surface area (Å²) in [7, 11) is 0. The predicted octanol–water partition coefficient (Wildman–Crippen LogP) is 4.79. The van der Waals surface area contributed by atoms with E-state index in [2.05, 4.69) is 0 Å². The lowest BCUT2D eigenvalue weighted by atomic mass is 10.1. The third kappa shape index (κ3) is 4.27. The number of benzene rings is 1. The molecule has 0 bridgehead atoms. The van der Waals surface area contributed by atoms with Crippen molar-refractivity contribution in [2.24, 2.45) is 0 Å². The van der Waals surface area contributed by atoms with Crippen molar-refractivity contribution in [1.82, 2.24) is 9.80 Å². The van der Waals surface area contributed by atoms with Crippen molar-refractivity contribution < 1.29 is 18.7 Å². The maximum absolute atomic E-state index is 13.1. The van der Waals surface area contributed by atoms with E-state index in [9.17, 15) is 9.59 Å². The van der Waals surface area contributed by atoms with Crippen LogP contribution in [0.1, 0.15) is 48.9 Å². The summed E-state index contributed by atoms with van der Waals surface area (Å²) in [5.74, 6) is 0.177. The van der Waals surface area contributed by atoms with Crippen LogP contribution in [0.3, 0.4) is 0 Å². The Bertz CT molecular complexity index is 913. The highest BCUT2D eigenvalue weighted by Crippen LogP contribution is 2.31.